The summed E-state index contributed by atoms with van der Waals surface area (Å²) in [4.78, 5) is 37.5. The third kappa shape index (κ3) is 4.32. The second kappa shape index (κ2) is 8.44. The van der Waals surface area contributed by atoms with Crippen molar-refractivity contribution in [3.05, 3.63) is 35.9 Å². The molecule has 1 aromatic rings. The molecule has 24 heavy (non-hydrogen) atoms. The van der Waals surface area contributed by atoms with Crippen LogP contribution in [0.3, 0.4) is 0 Å². The smallest absolute Gasteiger partial charge is 0.334 e. The first-order valence-electron chi connectivity index (χ1n) is 7.92. The van der Waals surface area contributed by atoms with E-state index < -0.39 is 24.0 Å². The largest absolute Gasteiger partial charge is 0.479 e. The lowest BCUT2D eigenvalue weighted by Gasteiger charge is -2.34. The SMILES string of the molecule is COC(CNC(=O)C(c1ccccc1)N1CCCCC1=O)C(=O)O. The van der Waals surface area contributed by atoms with Crippen LogP contribution in [0, 0.1) is 0 Å². The predicted molar refractivity (Wildman–Crippen MR) is 86.2 cm³/mol. The molecule has 0 aromatic heterocycles. The van der Waals surface area contributed by atoms with Crippen LogP contribution in [0.4, 0.5) is 0 Å². The third-order valence-corrected chi connectivity index (χ3v) is 4.06. The van der Waals surface area contributed by atoms with Crippen molar-refractivity contribution in [1.29, 1.82) is 0 Å². The van der Waals surface area contributed by atoms with Crippen LogP contribution in [0.2, 0.25) is 0 Å². The summed E-state index contributed by atoms with van der Waals surface area (Å²) < 4.78 is 4.82. The molecule has 7 heteroatoms. The van der Waals surface area contributed by atoms with Crippen LogP contribution >= 0.6 is 0 Å². The lowest BCUT2D eigenvalue weighted by atomic mass is 10.0. The minimum absolute atomic E-state index is 0.0632. The lowest BCUT2D eigenvalue weighted by Crippen LogP contribution is -2.48. The maximum absolute atomic E-state index is 12.7. The Labute approximate surface area is 140 Å². The Kier molecular flexibility index (Phi) is 6.31. The van der Waals surface area contributed by atoms with Crippen LogP contribution in [-0.4, -0.2) is 54.1 Å². The molecule has 1 saturated heterocycles. The Morgan fingerprint density at radius 1 is 1.29 bits per heavy atom. The fourth-order valence-corrected chi connectivity index (χ4v) is 2.77. The normalized spacial score (nSPS) is 17.2. The summed E-state index contributed by atoms with van der Waals surface area (Å²) in [6, 6.07) is 8.26. The summed E-state index contributed by atoms with van der Waals surface area (Å²) in [6.45, 7) is 0.356. The zero-order valence-electron chi connectivity index (χ0n) is 13.6. The first kappa shape index (κ1) is 17.9. The number of rotatable bonds is 7. The fourth-order valence-electron chi connectivity index (χ4n) is 2.77. The number of aliphatic carboxylic acids is 1. The number of piperidine rings is 1. The molecule has 1 aliphatic rings. The highest BCUT2D eigenvalue weighted by molar-refractivity contribution is 5.89. The summed E-state index contributed by atoms with van der Waals surface area (Å²) in [7, 11) is 1.27. The van der Waals surface area contributed by atoms with Crippen molar-refractivity contribution < 1.29 is 24.2 Å². The fraction of sp³-hybridized carbons (Fsp3) is 0.471. The molecule has 1 aromatic carbocycles. The maximum atomic E-state index is 12.7. The van der Waals surface area contributed by atoms with Crippen molar-refractivity contribution in [2.24, 2.45) is 0 Å². The number of carboxylic acid groups (broad SMARTS) is 1. The predicted octanol–water partition coefficient (Wildman–Crippen LogP) is 0.956. The minimum Gasteiger partial charge on any atom is -0.479 e. The van der Waals surface area contributed by atoms with Crippen LogP contribution in [0.15, 0.2) is 30.3 Å². The lowest BCUT2D eigenvalue weighted by molar-refractivity contribution is -0.149. The number of carboxylic acids is 1. The molecule has 7 nitrogen and oxygen atoms in total. The van der Waals surface area contributed by atoms with Gasteiger partial charge < -0.3 is 20.1 Å². The highest BCUT2D eigenvalue weighted by Crippen LogP contribution is 2.25. The van der Waals surface area contributed by atoms with E-state index in [1.165, 1.54) is 7.11 Å². The van der Waals surface area contributed by atoms with Gasteiger partial charge in [0.2, 0.25) is 11.8 Å². The number of hydrogen-bond donors (Lipinski definition) is 2. The first-order chi connectivity index (χ1) is 11.5. The van der Waals surface area contributed by atoms with Gasteiger partial charge in [-0.3, -0.25) is 9.59 Å². The van der Waals surface area contributed by atoms with Gasteiger partial charge in [0.25, 0.3) is 0 Å². The second-order valence-corrected chi connectivity index (χ2v) is 5.67. The van der Waals surface area contributed by atoms with Crippen LogP contribution < -0.4 is 5.32 Å². The summed E-state index contributed by atoms with van der Waals surface area (Å²) in [5.74, 6) is -1.62. The first-order valence-corrected chi connectivity index (χ1v) is 7.92. The molecular formula is C17H22N2O5. The number of nitrogens with one attached hydrogen (secondary N) is 1. The van der Waals surface area contributed by atoms with Crippen molar-refractivity contribution >= 4 is 17.8 Å². The van der Waals surface area contributed by atoms with Crippen LogP contribution in [-0.2, 0) is 19.1 Å². The standard InChI is InChI=1S/C17H22N2O5/c1-24-13(17(22)23)11-18-16(21)15(12-7-3-2-4-8-12)19-10-6-5-9-14(19)20/h2-4,7-8,13,15H,5-6,9-11H2,1H3,(H,18,21)(H,22,23). The van der Waals surface area contributed by atoms with Gasteiger partial charge in [-0.1, -0.05) is 30.3 Å². The summed E-state index contributed by atoms with van der Waals surface area (Å²) in [5, 5.41) is 11.6. The van der Waals surface area contributed by atoms with Crippen molar-refractivity contribution in [1.82, 2.24) is 10.2 Å². The Bertz CT molecular complexity index is 590. The number of carbonyl (C=O) groups is 3. The molecule has 2 unspecified atom stereocenters. The average molecular weight is 334 g/mol. The zero-order chi connectivity index (χ0) is 17.5. The van der Waals surface area contributed by atoms with Gasteiger partial charge in [0.15, 0.2) is 6.10 Å². The molecule has 1 heterocycles. The molecular weight excluding hydrogens is 312 g/mol. The number of nitrogens with zero attached hydrogens (tertiary/aromatic N) is 1. The quantitative estimate of drug-likeness (QED) is 0.774. The molecule has 0 saturated carbocycles. The Morgan fingerprint density at radius 2 is 2.00 bits per heavy atom. The molecule has 0 aliphatic carbocycles. The second-order valence-electron chi connectivity index (χ2n) is 5.67. The number of carbonyl (C=O) groups excluding carboxylic acids is 2. The third-order valence-electron chi connectivity index (χ3n) is 4.06. The van der Waals surface area contributed by atoms with E-state index in [2.05, 4.69) is 5.32 Å². The Balaban J connectivity index is 2.17. The van der Waals surface area contributed by atoms with E-state index in [-0.39, 0.29) is 12.5 Å². The van der Waals surface area contributed by atoms with Crippen molar-refractivity contribution in [3.63, 3.8) is 0 Å². The monoisotopic (exact) mass is 334 g/mol. The minimum atomic E-state index is -1.15. The van der Waals surface area contributed by atoms with Gasteiger partial charge in [-0.05, 0) is 18.4 Å². The van der Waals surface area contributed by atoms with Gasteiger partial charge in [0, 0.05) is 20.1 Å². The molecule has 2 rings (SSSR count). The van der Waals surface area contributed by atoms with Crippen molar-refractivity contribution in [2.75, 3.05) is 20.2 Å². The van der Waals surface area contributed by atoms with E-state index in [4.69, 9.17) is 9.84 Å². The summed E-state index contributed by atoms with van der Waals surface area (Å²) in [5.41, 5.74) is 0.703. The highest BCUT2D eigenvalue weighted by Gasteiger charge is 2.33. The average Bonchev–Trinajstić information content (AvgIpc) is 2.58. The van der Waals surface area contributed by atoms with E-state index >= 15 is 0 Å². The van der Waals surface area contributed by atoms with E-state index in [9.17, 15) is 14.4 Å². The van der Waals surface area contributed by atoms with Gasteiger partial charge in [0.05, 0.1) is 6.54 Å². The topological polar surface area (TPSA) is 95.9 Å². The number of hydrogen-bond acceptors (Lipinski definition) is 4. The zero-order valence-corrected chi connectivity index (χ0v) is 13.6. The van der Waals surface area contributed by atoms with E-state index in [0.717, 1.165) is 12.8 Å². The molecule has 130 valence electrons. The summed E-state index contributed by atoms with van der Waals surface area (Å²) in [6.07, 6.45) is 0.968. The number of methoxy groups -OCH3 is 1. The molecule has 0 radical (unpaired) electrons. The highest BCUT2D eigenvalue weighted by atomic mass is 16.5. The van der Waals surface area contributed by atoms with Crippen molar-refractivity contribution in [3.8, 4) is 0 Å². The van der Waals surface area contributed by atoms with Gasteiger partial charge in [0.1, 0.15) is 6.04 Å². The van der Waals surface area contributed by atoms with Crippen LogP contribution in [0.1, 0.15) is 30.9 Å². The molecule has 1 fully saturated rings. The number of amides is 2. The number of ether oxygens (including phenoxy) is 1. The molecule has 0 spiro atoms. The van der Waals surface area contributed by atoms with Gasteiger partial charge in [-0.25, -0.2) is 4.79 Å². The van der Waals surface area contributed by atoms with Crippen molar-refractivity contribution in [2.45, 2.75) is 31.4 Å². The molecule has 1 aliphatic heterocycles. The van der Waals surface area contributed by atoms with Crippen LogP contribution in [0.25, 0.3) is 0 Å². The molecule has 2 N–H and O–H groups in total. The van der Waals surface area contributed by atoms with Gasteiger partial charge >= 0.3 is 5.97 Å². The van der Waals surface area contributed by atoms with Gasteiger partial charge in [-0.2, -0.15) is 0 Å². The van der Waals surface area contributed by atoms with E-state index in [1.807, 2.05) is 6.07 Å². The Hall–Kier alpha value is -2.41. The number of benzene rings is 1. The van der Waals surface area contributed by atoms with E-state index in [0.29, 0.717) is 18.5 Å². The number of likely N-dealkylation sites (tertiary alicyclic amines) is 1. The molecule has 2 atom stereocenters. The molecule has 2 amide bonds. The van der Waals surface area contributed by atoms with E-state index in [1.54, 1.807) is 29.2 Å². The van der Waals surface area contributed by atoms with Gasteiger partial charge in [-0.15, -0.1) is 0 Å². The van der Waals surface area contributed by atoms with Crippen LogP contribution in [0.5, 0.6) is 0 Å². The Morgan fingerprint density at radius 3 is 2.58 bits per heavy atom. The summed E-state index contributed by atoms with van der Waals surface area (Å²) >= 11 is 0. The maximum Gasteiger partial charge on any atom is 0.334 e. The molecule has 0 bridgehead atoms.